The van der Waals surface area contributed by atoms with Crippen LogP contribution < -0.4 is 10.6 Å². The molecule has 1 aliphatic carbocycles. The van der Waals surface area contributed by atoms with Crippen LogP contribution in [0, 0.1) is 11.3 Å². The highest BCUT2D eigenvalue weighted by Gasteiger charge is 2.53. The maximum atomic E-state index is 13.0. The van der Waals surface area contributed by atoms with Gasteiger partial charge in [-0.05, 0) is 49.1 Å². The number of carbonyl (C=O) groups excluding carboxylic acids is 3. The minimum absolute atomic E-state index is 0.232. The van der Waals surface area contributed by atoms with E-state index in [1.165, 1.54) is 0 Å². The molecule has 2 fully saturated rings. The van der Waals surface area contributed by atoms with Crippen molar-refractivity contribution >= 4 is 23.7 Å². The summed E-state index contributed by atoms with van der Waals surface area (Å²) in [5.41, 5.74) is -0.613. The molecule has 0 unspecified atom stereocenters. The van der Waals surface area contributed by atoms with Crippen molar-refractivity contribution in [3.63, 3.8) is 0 Å². The van der Waals surface area contributed by atoms with E-state index in [2.05, 4.69) is 36.4 Å². The Bertz CT molecular complexity index is 724. The van der Waals surface area contributed by atoms with E-state index in [0.717, 1.165) is 24.2 Å². The SMILES string of the molecule is CCC(C)(C)C1CCC2(CC1)NC(=O)N(CC(=O)Nc1ccccn1)C2=O. The molecule has 3 rings (SSSR count). The summed E-state index contributed by atoms with van der Waals surface area (Å²) in [6.07, 6.45) is 5.72. The Labute approximate surface area is 159 Å². The second kappa shape index (κ2) is 7.29. The fourth-order valence-corrected chi connectivity index (χ4v) is 4.10. The lowest BCUT2D eigenvalue weighted by Crippen LogP contribution is -2.51. The van der Waals surface area contributed by atoms with Gasteiger partial charge in [0.05, 0.1) is 0 Å². The summed E-state index contributed by atoms with van der Waals surface area (Å²) in [6.45, 7) is 6.42. The van der Waals surface area contributed by atoms with E-state index in [4.69, 9.17) is 0 Å². The van der Waals surface area contributed by atoms with Gasteiger partial charge < -0.3 is 10.6 Å². The quantitative estimate of drug-likeness (QED) is 0.778. The first-order chi connectivity index (χ1) is 12.8. The van der Waals surface area contributed by atoms with E-state index in [9.17, 15) is 14.4 Å². The molecule has 1 aliphatic heterocycles. The Morgan fingerprint density at radius 1 is 1.33 bits per heavy atom. The summed E-state index contributed by atoms with van der Waals surface area (Å²) in [5, 5.41) is 5.48. The summed E-state index contributed by atoms with van der Waals surface area (Å²) in [6, 6.07) is 4.67. The molecule has 7 nitrogen and oxygen atoms in total. The lowest BCUT2D eigenvalue weighted by Gasteiger charge is -2.42. The summed E-state index contributed by atoms with van der Waals surface area (Å²) in [4.78, 5) is 42.6. The molecule has 1 saturated heterocycles. The highest BCUT2D eigenvalue weighted by Crippen LogP contribution is 2.45. The summed E-state index contributed by atoms with van der Waals surface area (Å²) in [7, 11) is 0. The second-order valence-corrected chi connectivity index (χ2v) is 8.28. The number of hydrogen-bond acceptors (Lipinski definition) is 4. The fraction of sp³-hybridized carbons (Fsp3) is 0.600. The van der Waals surface area contributed by atoms with Gasteiger partial charge >= 0.3 is 6.03 Å². The number of pyridine rings is 1. The highest BCUT2D eigenvalue weighted by molar-refractivity contribution is 6.10. The molecular formula is C20H28N4O3. The van der Waals surface area contributed by atoms with Crippen LogP contribution >= 0.6 is 0 Å². The maximum Gasteiger partial charge on any atom is 0.325 e. The third-order valence-corrected chi connectivity index (χ3v) is 6.34. The third-order valence-electron chi connectivity index (χ3n) is 6.34. The number of urea groups is 1. The van der Waals surface area contributed by atoms with Crippen molar-refractivity contribution in [2.45, 2.75) is 58.4 Å². The zero-order chi connectivity index (χ0) is 19.7. The molecule has 1 aromatic heterocycles. The van der Waals surface area contributed by atoms with Crippen LogP contribution in [0.4, 0.5) is 10.6 Å². The topological polar surface area (TPSA) is 91.4 Å². The normalized spacial score (nSPS) is 25.6. The lowest BCUT2D eigenvalue weighted by atomic mass is 9.65. The number of carbonyl (C=O) groups is 3. The molecule has 1 spiro atoms. The minimum Gasteiger partial charge on any atom is -0.323 e. The zero-order valence-electron chi connectivity index (χ0n) is 16.2. The van der Waals surface area contributed by atoms with E-state index in [0.29, 0.717) is 24.6 Å². The van der Waals surface area contributed by atoms with Crippen molar-refractivity contribution in [1.29, 1.82) is 0 Å². The van der Waals surface area contributed by atoms with Crippen molar-refractivity contribution in [1.82, 2.24) is 15.2 Å². The van der Waals surface area contributed by atoms with Crippen molar-refractivity contribution in [3.8, 4) is 0 Å². The highest BCUT2D eigenvalue weighted by atomic mass is 16.2. The third kappa shape index (κ3) is 3.82. The van der Waals surface area contributed by atoms with Crippen LogP contribution in [0.2, 0.25) is 0 Å². The number of rotatable bonds is 5. The van der Waals surface area contributed by atoms with Gasteiger partial charge in [0.15, 0.2) is 0 Å². The molecule has 27 heavy (non-hydrogen) atoms. The molecule has 2 heterocycles. The molecule has 7 heteroatoms. The van der Waals surface area contributed by atoms with Crippen molar-refractivity contribution < 1.29 is 14.4 Å². The van der Waals surface area contributed by atoms with Crippen LogP contribution in [-0.2, 0) is 9.59 Å². The van der Waals surface area contributed by atoms with Crippen LogP contribution in [0.15, 0.2) is 24.4 Å². The zero-order valence-corrected chi connectivity index (χ0v) is 16.2. The molecule has 2 aliphatic rings. The maximum absolute atomic E-state index is 13.0. The Kier molecular flexibility index (Phi) is 5.22. The first kappa shape index (κ1) is 19.3. The number of nitrogens with zero attached hydrogens (tertiary/aromatic N) is 2. The van der Waals surface area contributed by atoms with Gasteiger partial charge in [-0.2, -0.15) is 0 Å². The Morgan fingerprint density at radius 2 is 2.04 bits per heavy atom. The van der Waals surface area contributed by atoms with Crippen LogP contribution in [0.1, 0.15) is 52.9 Å². The lowest BCUT2D eigenvalue weighted by molar-refractivity contribution is -0.135. The van der Waals surface area contributed by atoms with Crippen molar-refractivity contribution in [3.05, 3.63) is 24.4 Å². The Balaban J connectivity index is 1.63. The molecule has 4 amide bonds. The van der Waals surface area contributed by atoms with Gasteiger partial charge in [0.2, 0.25) is 5.91 Å². The number of imide groups is 1. The molecular weight excluding hydrogens is 344 g/mol. The van der Waals surface area contributed by atoms with Gasteiger partial charge in [-0.15, -0.1) is 0 Å². The van der Waals surface area contributed by atoms with Crippen LogP contribution in [-0.4, -0.2) is 39.8 Å². The smallest absolute Gasteiger partial charge is 0.323 e. The van der Waals surface area contributed by atoms with E-state index in [1.807, 2.05) is 0 Å². The summed E-state index contributed by atoms with van der Waals surface area (Å²) < 4.78 is 0. The van der Waals surface area contributed by atoms with Gasteiger partial charge in [-0.1, -0.05) is 33.3 Å². The van der Waals surface area contributed by atoms with Gasteiger partial charge in [0.25, 0.3) is 5.91 Å². The first-order valence-corrected chi connectivity index (χ1v) is 9.62. The predicted octanol–water partition coefficient (Wildman–Crippen LogP) is 2.94. The molecule has 0 radical (unpaired) electrons. The molecule has 0 bridgehead atoms. The number of hydrogen-bond donors (Lipinski definition) is 2. The fourth-order valence-electron chi connectivity index (χ4n) is 4.10. The number of nitrogens with one attached hydrogen (secondary N) is 2. The van der Waals surface area contributed by atoms with Crippen molar-refractivity contribution in [2.24, 2.45) is 11.3 Å². The molecule has 0 atom stereocenters. The number of aromatic nitrogens is 1. The second-order valence-electron chi connectivity index (χ2n) is 8.28. The standard InChI is InChI=1S/C20H28N4O3/c1-4-19(2,3)14-8-10-20(11-9-14)17(26)24(18(27)23-20)13-16(25)22-15-7-5-6-12-21-15/h5-7,12,14H,4,8-11,13H2,1-3H3,(H,23,27)(H,21,22,25). The van der Waals surface area contributed by atoms with E-state index in [-0.39, 0.29) is 17.9 Å². The predicted molar refractivity (Wildman–Crippen MR) is 102 cm³/mol. The van der Waals surface area contributed by atoms with Crippen molar-refractivity contribution in [2.75, 3.05) is 11.9 Å². The van der Waals surface area contributed by atoms with Gasteiger partial charge in [0, 0.05) is 6.20 Å². The molecule has 1 aromatic rings. The largest absolute Gasteiger partial charge is 0.325 e. The number of amides is 4. The Morgan fingerprint density at radius 3 is 2.63 bits per heavy atom. The first-order valence-electron chi connectivity index (χ1n) is 9.62. The van der Waals surface area contributed by atoms with Crippen LogP contribution in [0.25, 0.3) is 0 Å². The minimum atomic E-state index is -0.845. The Hall–Kier alpha value is -2.44. The van der Waals surface area contributed by atoms with Crippen LogP contribution in [0.3, 0.4) is 0 Å². The summed E-state index contributed by atoms with van der Waals surface area (Å²) in [5.74, 6) is 0.220. The van der Waals surface area contributed by atoms with E-state index >= 15 is 0 Å². The van der Waals surface area contributed by atoms with E-state index in [1.54, 1.807) is 24.4 Å². The van der Waals surface area contributed by atoms with Crippen LogP contribution in [0.5, 0.6) is 0 Å². The molecule has 146 valence electrons. The summed E-state index contributed by atoms with van der Waals surface area (Å²) >= 11 is 0. The van der Waals surface area contributed by atoms with Gasteiger partial charge in [-0.25, -0.2) is 9.78 Å². The average Bonchev–Trinajstić information content (AvgIpc) is 2.87. The molecule has 0 aromatic carbocycles. The molecule has 1 saturated carbocycles. The average molecular weight is 372 g/mol. The molecule has 2 N–H and O–H groups in total. The van der Waals surface area contributed by atoms with E-state index < -0.39 is 17.5 Å². The van der Waals surface area contributed by atoms with Gasteiger partial charge in [0.1, 0.15) is 17.9 Å². The monoisotopic (exact) mass is 372 g/mol. The number of anilines is 1. The van der Waals surface area contributed by atoms with Gasteiger partial charge in [-0.3, -0.25) is 14.5 Å².